The number of aliphatic hydroxyl groups excluding tert-OH is 1. The molecule has 30 heteroatoms. The van der Waals surface area contributed by atoms with Crippen molar-refractivity contribution >= 4 is 50.5 Å². The highest BCUT2D eigenvalue weighted by Crippen LogP contribution is 2.50. The standard InChI is InChI=1S/C30H44N12O16P2/c1-30(2,3)57-29(46)38-15(6-4-5-8-37-40-33)27(44)56-23-18(55-26(22(23)43)42-14-36-21-24(32)34-13-35-25(21)42)12-53-60(50,51)58-16-10-20(41-9-7-19(31)39-28(41)45)54-17(16)11-52-59(47,48)49/h7,9,13-18,20,22-23,26,43H,4-6,8,10-12H2,1-3H3,(H,38,46)(H,50,51)(H2,31,39,45)(H2,32,34,35)(H2,47,48,49)/t15?,16-,17+,18+,20+,22+,23+,26+/m0/s1. The first kappa shape index (κ1) is 46.2. The third-order valence-corrected chi connectivity index (χ3v) is 10.2. The maximum atomic E-state index is 13.8. The number of azide groups is 1. The van der Waals surface area contributed by atoms with Gasteiger partial charge in [-0.25, -0.2) is 38.5 Å². The second-order valence-corrected chi connectivity index (χ2v) is 16.9. The number of phosphoric ester groups is 2. The molecule has 9 atom stereocenters. The summed E-state index contributed by atoms with van der Waals surface area (Å²) in [5, 5.41) is 17.5. The summed E-state index contributed by atoms with van der Waals surface area (Å²) in [6.07, 6.45) is -7.85. The Morgan fingerprint density at radius 3 is 2.52 bits per heavy atom. The summed E-state index contributed by atoms with van der Waals surface area (Å²) >= 11 is 0. The SMILES string of the molecule is CC(C)(C)OC(=O)NC(CCCCN=[N+]=[N-])C(=O)O[C@H]1[C@@H](O)[C@H](n2cnc3c(N)ncnc32)O[C@@H]1COP(=O)(O)O[C@H]1C[C@H](n2ccc(N)nc2=O)O[C@@H]1COP(=O)(O)O. The number of amides is 1. The molecule has 330 valence electrons. The van der Waals surface area contributed by atoms with E-state index in [9.17, 15) is 43.3 Å². The number of unbranched alkanes of at least 4 members (excludes halogenated alkanes) is 1. The Morgan fingerprint density at radius 1 is 1.10 bits per heavy atom. The molecular weight excluding hydrogens is 846 g/mol. The number of phosphoric acid groups is 2. The van der Waals surface area contributed by atoms with E-state index in [0.717, 1.165) is 10.9 Å². The van der Waals surface area contributed by atoms with E-state index in [1.54, 1.807) is 20.8 Å². The van der Waals surface area contributed by atoms with Gasteiger partial charge in [0.15, 0.2) is 23.8 Å². The van der Waals surface area contributed by atoms with Crippen LogP contribution in [0.3, 0.4) is 0 Å². The Balaban J connectivity index is 1.37. The lowest BCUT2D eigenvalue weighted by molar-refractivity contribution is -0.159. The summed E-state index contributed by atoms with van der Waals surface area (Å²) in [6.45, 7) is 3.13. The van der Waals surface area contributed by atoms with Crippen LogP contribution in [0.5, 0.6) is 0 Å². The summed E-state index contributed by atoms with van der Waals surface area (Å²) < 4.78 is 65.1. The first-order valence-electron chi connectivity index (χ1n) is 18.0. The first-order chi connectivity index (χ1) is 28.1. The van der Waals surface area contributed by atoms with Gasteiger partial charge in [-0.1, -0.05) is 11.5 Å². The molecule has 2 aliphatic heterocycles. The fourth-order valence-electron chi connectivity index (χ4n) is 6.09. The summed E-state index contributed by atoms with van der Waals surface area (Å²) in [5.41, 5.74) is 18.5. The molecule has 2 unspecified atom stereocenters. The number of imidazole rings is 1. The zero-order valence-corrected chi connectivity index (χ0v) is 33.9. The lowest BCUT2D eigenvalue weighted by atomic mass is 10.1. The number of nitrogens with two attached hydrogens (primary N) is 2. The highest BCUT2D eigenvalue weighted by Gasteiger charge is 2.50. The minimum atomic E-state index is -5.24. The van der Waals surface area contributed by atoms with Crippen molar-refractivity contribution < 1.29 is 71.0 Å². The van der Waals surface area contributed by atoms with E-state index in [-0.39, 0.29) is 48.6 Å². The molecule has 1 amide bonds. The van der Waals surface area contributed by atoms with Crippen molar-refractivity contribution in [3.8, 4) is 0 Å². The second kappa shape index (κ2) is 19.3. The van der Waals surface area contributed by atoms with Crippen molar-refractivity contribution in [2.45, 2.75) is 101 Å². The smallest absolute Gasteiger partial charge is 0.455 e. The van der Waals surface area contributed by atoms with Gasteiger partial charge in [0.2, 0.25) is 0 Å². The highest BCUT2D eigenvalue weighted by atomic mass is 31.2. The van der Waals surface area contributed by atoms with Crippen molar-refractivity contribution in [3.63, 3.8) is 0 Å². The van der Waals surface area contributed by atoms with Crippen LogP contribution in [0.25, 0.3) is 21.6 Å². The van der Waals surface area contributed by atoms with Crippen LogP contribution in [0.15, 0.2) is 34.8 Å². The molecule has 2 saturated heterocycles. The van der Waals surface area contributed by atoms with Gasteiger partial charge in [-0.2, -0.15) is 4.98 Å². The van der Waals surface area contributed by atoms with Crippen molar-refractivity contribution in [3.05, 3.63) is 45.8 Å². The number of fused-ring (bicyclic) bond motifs is 1. The van der Waals surface area contributed by atoms with E-state index in [1.807, 2.05) is 0 Å². The minimum absolute atomic E-state index is 0.0100. The molecule has 0 aromatic carbocycles. The summed E-state index contributed by atoms with van der Waals surface area (Å²) in [6, 6.07) is -0.109. The van der Waals surface area contributed by atoms with Gasteiger partial charge in [0.05, 0.1) is 19.5 Å². The van der Waals surface area contributed by atoms with Gasteiger partial charge in [-0.3, -0.25) is 22.7 Å². The zero-order valence-electron chi connectivity index (χ0n) is 32.1. The van der Waals surface area contributed by atoms with Crippen LogP contribution in [0.1, 0.15) is 58.9 Å². The molecule has 0 radical (unpaired) electrons. The molecule has 3 aromatic heterocycles. The molecule has 5 rings (SSSR count). The molecule has 2 aliphatic rings. The molecule has 0 aliphatic carbocycles. The number of carbonyl (C=O) groups is 2. The van der Waals surface area contributed by atoms with Gasteiger partial charge in [0.25, 0.3) is 0 Å². The average Bonchev–Trinajstić information content (AvgIpc) is 3.83. The summed E-state index contributed by atoms with van der Waals surface area (Å²) in [7, 11) is -10.3. The number of ether oxygens (including phenoxy) is 4. The minimum Gasteiger partial charge on any atom is -0.455 e. The molecule has 5 heterocycles. The summed E-state index contributed by atoms with van der Waals surface area (Å²) in [5.74, 6) is -1.20. The van der Waals surface area contributed by atoms with Crippen molar-refractivity contribution in [1.29, 1.82) is 0 Å². The number of alkyl carbamates (subject to hydrolysis) is 1. The van der Waals surface area contributed by atoms with E-state index in [4.69, 9.17) is 45.0 Å². The van der Waals surface area contributed by atoms with E-state index in [1.165, 1.54) is 23.2 Å². The normalized spacial score (nSPS) is 24.7. The Hall–Kier alpha value is -4.82. The average molecular weight is 891 g/mol. The van der Waals surface area contributed by atoms with E-state index in [0.29, 0.717) is 6.42 Å². The Labute approximate surface area is 338 Å². The van der Waals surface area contributed by atoms with Gasteiger partial charge in [0.1, 0.15) is 59.9 Å². The molecule has 0 saturated carbocycles. The molecule has 0 bridgehead atoms. The highest BCUT2D eigenvalue weighted by molar-refractivity contribution is 7.47. The predicted octanol–water partition coefficient (Wildman–Crippen LogP) is 0.691. The number of nitrogens with zero attached hydrogens (tertiary/aromatic N) is 9. The molecule has 3 aromatic rings. The summed E-state index contributed by atoms with van der Waals surface area (Å²) in [4.78, 5) is 86.9. The number of anilines is 2. The molecule has 60 heavy (non-hydrogen) atoms. The van der Waals surface area contributed by atoms with Crippen LogP contribution in [-0.4, -0.2) is 123 Å². The van der Waals surface area contributed by atoms with Gasteiger partial charge in [0, 0.05) is 24.1 Å². The lowest BCUT2D eigenvalue weighted by Crippen LogP contribution is -2.47. The number of hydrogen-bond donors (Lipinski definition) is 7. The predicted molar refractivity (Wildman–Crippen MR) is 201 cm³/mol. The van der Waals surface area contributed by atoms with Gasteiger partial charge >= 0.3 is 33.4 Å². The Morgan fingerprint density at radius 2 is 1.83 bits per heavy atom. The quantitative estimate of drug-likeness (QED) is 0.0231. The number of nitrogens with one attached hydrogen (secondary N) is 1. The van der Waals surface area contributed by atoms with Crippen LogP contribution in [0, 0.1) is 0 Å². The third-order valence-electron chi connectivity index (χ3n) is 8.68. The van der Waals surface area contributed by atoms with E-state index < -0.39 is 101 Å². The number of hydrogen-bond acceptors (Lipinski definition) is 20. The van der Waals surface area contributed by atoms with Crippen molar-refractivity contribution in [2.75, 3.05) is 31.2 Å². The largest absolute Gasteiger partial charge is 0.472 e. The number of rotatable bonds is 18. The monoisotopic (exact) mass is 890 g/mol. The zero-order chi connectivity index (χ0) is 44.0. The van der Waals surface area contributed by atoms with Crippen LogP contribution in [0.4, 0.5) is 16.4 Å². The fraction of sp³-hybridized carbons (Fsp3) is 0.633. The molecule has 9 N–H and O–H groups in total. The fourth-order valence-corrected chi connectivity index (χ4v) is 7.39. The number of aliphatic hydroxyl groups is 1. The van der Waals surface area contributed by atoms with Crippen LogP contribution >= 0.6 is 15.6 Å². The van der Waals surface area contributed by atoms with Gasteiger partial charge in [-0.05, 0) is 45.2 Å². The van der Waals surface area contributed by atoms with Crippen molar-refractivity contribution in [1.82, 2.24) is 34.4 Å². The molecule has 2 fully saturated rings. The first-order valence-corrected chi connectivity index (χ1v) is 21.0. The Kier molecular flexibility index (Phi) is 14.9. The van der Waals surface area contributed by atoms with Crippen LogP contribution in [0.2, 0.25) is 0 Å². The second-order valence-electron chi connectivity index (χ2n) is 14.3. The van der Waals surface area contributed by atoms with Gasteiger partial charge < -0.3 is 55.5 Å². The number of aromatic nitrogens is 6. The number of nitrogen functional groups attached to an aromatic ring is 2. The number of carbonyl (C=O) groups excluding carboxylic acids is 2. The van der Waals surface area contributed by atoms with Crippen molar-refractivity contribution in [2.24, 2.45) is 5.11 Å². The maximum absolute atomic E-state index is 13.8. The van der Waals surface area contributed by atoms with E-state index in [2.05, 4.69) is 39.8 Å². The molecule has 28 nitrogen and oxygen atoms in total. The Bertz CT molecular complexity index is 2210. The third kappa shape index (κ3) is 12.4. The molecular formula is C30H44N12O16P2. The topological polar surface area (TPSA) is 405 Å². The molecule has 0 spiro atoms. The maximum Gasteiger partial charge on any atom is 0.472 e. The van der Waals surface area contributed by atoms with Gasteiger partial charge in [-0.15, -0.1) is 0 Å². The van der Waals surface area contributed by atoms with Crippen LogP contribution in [-0.2, 0) is 46.4 Å². The van der Waals surface area contributed by atoms with E-state index >= 15 is 0 Å². The lowest BCUT2D eigenvalue weighted by Gasteiger charge is -2.26. The number of esters is 1. The van der Waals surface area contributed by atoms with Crippen LogP contribution < -0.4 is 22.5 Å².